The lowest BCUT2D eigenvalue weighted by atomic mass is 10.1. The molecule has 0 saturated heterocycles. The van der Waals surface area contributed by atoms with Gasteiger partial charge in [0.25, 0.3) is 0 Å². The topological polar surface area (TPSA) is 61.7 Å². The van der Waals surface area contributed by atoms with Crippen LogP contribution >= 0.6 is 34.8 Å². The number of phenolic OH excluding ortho intramolecular Hbond substituents is 1. The van der Waals surface area contributed by atoms with Crippen LogP contribution in [0.4, 0.5) is 0 Å². The van der Waals surface area contributed by atoms with Gasteiger partial charge in [-0.2, -0.15) is 5.10 Å². The van der Waals surface area contributed by atoms with Gasteiger partial charge in [-0.25, -0.2) is 5.43 Å². The lowest BCUT2D eigenvalue weighted by molar-refractivity contribution is -0.120. The second-order valence-electron chi connectivity index (χ2n) is 4.43. The monoisotopic (exact) mass is 356 g/mol. The number of nitrogens with zero attached hydrogens (tertiary/aromatic N) is 1. The highest BCUT2D eigenvalue weighted by molar-refractivity contribution is 6.44. The molecule has 0 aromatic heterocycles. The summed E-state index contributed by atoms with van der Waals surface area (Å²) in [6, 6.07) is 9.54. The van der Waals surface area contributed by atoms with Gasteiger partial charge in [-0.15, -0.1) is 0 Å². The molecule has 4 nitrogen and oxygen atoms in total. The highest BCUT2D eigenvalue weighted by Crippen LogP contribution is 2.28. The van der Waals surface area contributed by atoms with Crippen molar-refractivity contribution in [1.82, 2.24) is 5.43 Å². The summed E-state index contributed by atoms with van der Waals surface area (Å²) in [4.78, 5) is 11.7. The molecule has 2 aromatic carbocycles. The van der Waals surface area contributed by atoms with Crippen LogP contribution in [0.2, 0.25) is 15.1 Å². The van der Waals surface area contributed by atoms with E-state index in [0.29, 0.717) is 26.2 Å². The fourth-order valence-electron chi connectivity index (χ4n) is 1.73. The third-order valence-electron chi connectivity index (χ3n) is 2.69. The molecule has 0 spiro atoms. The summed E-state index contributed by atoms with van der Waals surface area (Å²) in [5.74, 6) is -0.222. The number of halogens is 3. The number of carbonyl (C=O) groups is 1. The highest BCUT2D eigenvalue weighted by atomic mass is 35.5. The number of hydrogen-bond donors (Lipinski definition) is 2. The molecule has 2 rings (SSSR count). The van der Waals surface area contributed by atoms with Crippen molar-refractivity contribution in [2.75, 3.05) is 0 Å². The number of rotatable bonds is 4. The molecule has 0 bridgehead atoms. The molecule has 22 heavy (non-hydrogen) atoms. The number of carbonyl (C=O) groups excluding carboxylic acids is 1. The van der Waals surface area contributed by atoms with E-state index in [1.807, 2.05) is 0 Å². The van der Waals surface area contributed by atoms with Gasteiger partial charge in [0, 0.05) is 10.6 Å². The maximum Gasteiger partial charge on any atom is 0.244 e. The van der Waals surface area contributed by atoms with Gasteiger partial charge in [-0.05, 0) is 29.8 Å². The fourth-order valence-corrected chi connectivity index (χ4v) is 2.40. The Balaban J connectivity index is 1.99. The van der Waals surface area contributed by atoms with E-state index in [4.69, 9.17) is 34.8 Å². The molecule has 114 valence electrons. The van der Waals surface area contributed by atoms with Crippen molar-refractivity contribution in [2.45, 2.75) is 6.42 Å². The van der Waals surface area contributed by atoms with Gasteiger partial charge in [0.15, 0.2) is 0 Å². The minimum absolute atomic E-state index is 0.0930. The molecule has 0 unspecified atom stereocenters. The first-order valence-electron chi connectivity index (χ1n) is 6.20. The zero-order valence-electron chi connectivity index (χ0n) is 11.2. The molecule has 0 heterocycles. The van der Waals surface area contributed by atoms with Crippen LogP contribution in [-0.4, -0.2) is 17.2 Å². The molecule has 0 radical (unpaired) electrons. The SMILES string of the molecule is O=C(Cc1cccc(O)c1)N/N=C/c1cc(Cl)cc(Cl)c1Cl. The Morgan fingerprint density at radius 1 is 1.23 bits per heavy atom. The zero-order valence-corrected chi connectivity index (χ0v) is 13.5. The van der Waals surface area contributed by atoms with Gasteiger partial charge in [0.2, 0.25) is 5.91 Å². The smallest absolute Gasteiger partial charge is 0.244 e. The summed E-state index contributed by atoms with van der Waals surface area (Å²) >= 11 is 17.8. The molecule has 0 aliphatic heterocycles. The number of hydrogen-bond acceptors (Lipinski definition) is 3. The molecular formula is C15H11Cl3N2O2. The van der Waals surface area contributed by atoms with Crippen molar-refractivity contribution in [2.24, 2.45) is 5.10 Å². The van der Waals surface area contributed by atoms with Crippen LogP contribution in [0, 0.1) is 0 Å². The number of amides is 1. The van der Waals surface area contributed by atoms with Gasteiger partial charge in [-0.3, -0.25) is 4.79 Å². The van der Waals surface area contributed by atoms with Crippen LogP contribution in [0.5, 0.6) is 5.75 Å². The normalized spacial score (nSPS) is 10.9. The van der Waals surface area contributed by atoms with Gasteiger partial charge in [0.1, 0.15) is 5.75 Å². The Bertz CT molecular complexity index is 733. The lowest BCUT2D eigenvalue weighted by Crippen LogP contribution is -2.19. The van der Waals surface area contributed by atoms with Gasteiger partial charge in [0.05, 0.1) is 22.7 Å². The molecule has 2 N–H and O–H groups in total. The van der Waals surface area contributed by atoms with Gasteiger partial charge in [-0.1, -0.05) is 46.9 Å². The molecule has 0 atom stereocenters. The summed E-state index contributed by atoms with van der Waals surface area (Å²) in [6.07, 6.45) is 1.45. The van der Waals surface area contributed by atoms with E-state index in [9.17, 15) is 9.90 Å². The Labute approximate surface area is 142 Å². The number of nitrogens with one attached hydrogen (secondary N) is 1. The number of benzene rings is 2. The predicted octanol–water partition coefficient (Wildman–Crippen LogP) is 4.05. The largest absolute Gasteiger partial charge is 0.508 e. The Kier molecular flexibility index (Phi) is 5.66. The molecule has 0 fully saturated rings. The maximum atomic E-state index is 11.7. The third kappa shape index (κ3) is 4.63. The molecule has 0 aliphatic carbocycles. The third-order valence-corrected chi connectivity index (χ3v) is 3.72. The predicted molar refractivity (Wildman–Crippen MR) is 89.0 cm³/mol. The molecular weight excluding hydrogens is 347 g/mol. The zero-order chi connectivity index (χ0) is 16.1. The molecule has 0 saturated carbocycles. The second kappa shape index (κ2) is 7.49. The van der Waals surface area contributed by atoms with Crippen LogP contribution in [-0.2, 0) is 11.2 Å². The molecule has 2 aromatic rings. The minimum Gasteiger partial charge on any atom is -0.508 e. The summed E-state index contributed by atoms with van der Waals surface area (Å²) in [5, 5.41) is 14.2. The van der Waals surface area contributed by atoms with E-state index in [-0.39, 0.29) is 18.1 Å². The summed E-state index contributed by atoms with van der Waals surface area (Å²) in [7, 11) is 0. The molecule has 0 aliphatic rings. The molecule has 7 heteroatoms. The molecule has 1 amide bonds. The maximum absolute atomic E-state index is 11.7. The number of aromatic hydroxyl groups is 1. The minimum atomic E-state index is -0.328. The van der Waals surface area contributed by atoms with Crippen LogP contribution < -0.4 is 5.43 Å². The van der Waals surface area contributed by atoms with E-state index in [1.54, 1.807) is 18.2 Å². The fraction of sp³-hybridized carbons (Fsp3) is 0.0667. The van der Waals surface area contributed by atoms with Crippen LogP contribution in [0.1, 0.15) is 11.1 Å². The van der Waals surface area contributed by atoms with Crippen molar-refractivity contribution >= 4 is 46.9 Å². The Hall–Kier alpha value is -1.75. The van der Waals surface area contributed by atoms with E-state index in [0.717, 1.165) is 0 Å². The van der Waals surface area contributed by atoms with Crippen molar-refractivity contribution in [3.63, 3.8) is 0 Å². The summed E-state index contributed by atoms with van der Waals surface area (Å²) in [5.41, 5.74) is 3.54. The number of phenols is 1. The van der Waals surface area contributed by atoms with Crippen molar-refractivity contribution < 1.29 is 9.90 Å². The van der Waals surface area contributed by atoms with Crippen LogP contribution in [0.25, 0.3) is 0 Å². The number of hydrazone groups is 1. The van der Waals surface area contributed by atoms with Crippen molar-refractivity contribution in [3.05, 3.63) is 62.6 Å². The van der Waals surface area contributed by atoms with E-state index >= 15 is 0 Å². The average molecular weight is 358 g/mol. The van der Waals surface area contributed by atoms with E-state index < -0.39 is 0 Å². The first-order chi connectivity index (χ1) is 10.5. The lowest BCUT2D eigenvalue weighted by Gasteiger charge is -2.03. The summed E-state index contributed by atoms with van der Waals surface area (Å²) in [6.45, 7) is 0. The first kappa shape index (κ1) is 16.6. The van der Waals surface area contributed by atoms with Gasteiger partial charge < -0.3 is 5.11 Å². The van der Waals surface area contributed by atoms with Crippen molar-refractivity contribution in [1.29, 1.82) is 0 Å². The standard InChI is InChI=1S/C15H11Cl3N2O2/c16-11-6-10(15(18)13(17)7-11)8-19-20-14(22)5-9-2-1-3-12(21)4-9/h1-4,6-8,21H,5H2,(H,20,22)/b19-8+. The Morgan fingerprint density at radius 2 is 2.00 bits per heavy atom. The van der Waals surface area contributed by atoms with E-state index in [2.05, 4.69) is 10.5 Å². The van der Waals surface area contributed by atoms with Crippen LogP contribution in [0.15, 0.2) is 41.5 Å². The summed E-state index contributed by atoms with van der Waals surface area (Å²) < 4.78 is 0. The average Bonchev–Trinajstić information content (AvgIpc) is 2.44. The quantitative estimate of drug-likeness (QED) is 0.493. The van der Waals surface area contributed by atoms with Gasteiger partial charge >= 0.3 is 0 Å². The van der Waals surface area contributed by atoms with Crippen molar-refractivity contribution in [3.8, 4) is 5.75 Å². The second-order valence-corrected chi connectivity index (χ2v) is 5.65. The first-order valence-corrected chi connectivity index (χ1v) is 7.33. The van der Waals surface area contributed by atoms with Crippen LogP contribution in [0.3, 0.4) is 0 Å². The van der Waals surface area contributed by atoms with E-state index in [1.165, 1.54) is 24.4 Å². The Morgan fingerprint density at radius 3 is 2.73 bits per heavy atom. The highest BCUT2D eigenvalue weighted by Gasteiger charge is 2.06.